The fourth-order valence-corrected chi connectivity index (χ4v) is 3.84. The van der Waals surface area contributed by atoms with E-state index in [1.165, 1.54) is 30.6 Å². The zero-order valence-electron chi connectivity index (χ0n) is 9.03. The summed E-state index contributed by atoms with van der Waals surface area (Å²) in [5.41, 5.74) is 0.969. The lowest BCUT2D eigenvalue weighted by Gasteiger charge is -2.04. The monoisotopic (exact) mass is 220 g/mol. The minimum atomic E-state index is 0.390. The molecule has 2 saturated carbocycles. The van der Waals surface area contributed by atoms with Gasteiger partial charge in [0.25, 0.3) is 0 Å². The van der Waals surface area contributed by atoms with E-state index in [-0.39, 0.29) is 0 Å². The van der Waals surface area contributed by atoms with Crippen LogP contribution in [0.4, 0.5) is 0 Å². The number of hydrogen-bond donors (Lipinski definition) is 0. The van der Waals surface area contributed by atoms with Crippen LogP contribution >= 0.6 is 11.3 Å². The quantitative estimate of drug-likeness (QED) is 0.695. The van der Waals surface area contributed by atoms with Crippen LogP contribution in [0.25, 0.3) is 0 Å². The van der Waals surface area contributed by atoms with Crippen molar-refractivity contribution < 1.29 is 4.79 Å². The van der Waals surface area contributed by atoms with Gasteiger partial charge < -0.3 is 0 Å². The van der Waals surface area contributed by atoms with E-state index in [4.69, 9.17) is 0 Å². The molecule has 1 aromatic rings. The molecule has 2 fully saturated rings. The van der Waals surface area contributed by atoms with Gasteiger partial charge in [-0.05, 0) is 37.7 Å². The van der Waals surface area contributed by atoms with Crippen LogP contribution in [0.3, 0.4) is 0 Å². The fourth-order valence-electron chi connectivity index (χ4n) is 3.15. The van der Waals surface area contributed by atoms with Crippen molar-refractivity contribution in [2.24, 2.45) is 17.8 Å². The third-order valence-corrected chi connectivity index (χ3v) is 4.84. The van der Waals surface area contributed by atoms with E-state index in [0.29, 0.717) is 11.7 Å². The number of aryl methyl sites for hydroxylation is 1. The molecule has 0 amide bonds. The number of fused-ring (bicyclic) bond motifs is 1. The number of carbonyl (C=O) groups is 1. The molecule has 0 aromatic carbocycles. The SMILES string of the molecule is Cc1cc(C(=O)C2C3CCCCC32)cs1. The van der Waals surface area contributed by atoms with Gasteiger partial charge in [0.1, 0.15) is 0 Å². The zero-order chi connectivity index (χ0) is 10.4. The van der Waals surface area contributed by atoms with Gasteiger partial charge in [-0.25, -0.2) is 0 Å². The van der Waals surface area contributed by atoms with Crippen LogP contribution in [0.5, 0.6) is 0 Å². The maximum atomic E-state index is 12.2. The smallest absolute Gasteiger partial charge is 0.167 e. The normalized spacial score (nSPS) is 33.5. The standard InChI is InChI=1S/C13H16OS/c1-8-6-9(7-15-8)13(14)12-10-4-2-3-5-11(10)12/h6-7,10-12H,2-5H2,1H3. The lowest BCUT2D eigenvalue weighted by molar-refractivity contribution is 0.0957. The summed E-state index contributed by atoms with van der Waals surface area (Å²) in [6.45, 7) is 2.07. The summed E-state index contributed by atoms with van der Waals surface area (Å²) in [6, 6.07) is 2.05. The van der Waals surface area contributed by atoms with Gasteiger partial charge in [0.05, 0.1) is 0 Å². The van der Waals surface area contributed by atoms with Gasteiger partial charge in [-0.15, -0.1) is 11.3 Å². The van der Waals surface area contributed by atoms with Crippen molar-refractivity contribution in [3.63, 3.8) is 0 Å². The van der Waals surface area contributed by atoms with E-state index < -0.39 is 0 Å². The van der Waals surface area contributed by atoms with E-state index in [0.717, 1.165) is 17.4 Å². The molecule has 2 heteroatoms. The van der Waals surface area contributed by atoms with Crippen molar-refractivity contribution in [1.82, 2.24) is 0 Å². The molecule has 0 bridgehead atoms. The number of carbonyl (C=O) groups excluding carboxylic acids is 1. The first kappa shape index (κ1) is 9.59. The summed E-state index contributed by atoms with van der Waals surface area (Å²) < 4.78 is 0. The Bertz CT molecular complexity index is 381. The van der Waals surface area contributed by atoms with Crippen molar-refractivity contribution in [2.45, 2.75) is 32.6 Å². The second-order valence-electron chi connectivity index (χ2n) is 4.95. The van der Waals surface area contributed by atoms with E-state index in [1.807, 2.05) is 5.38 Å². The first-order valence-electron chi connectivity index (χ1n) is 5.87. The van der Waals surface area contributed by atoms with E-state index in [1.54, 1.807) is 11.3 Å². The van der Waals surface area contributed by atoms with Crippen LogP contribution in [0.15, 0.2) is 11.4 Å². The Kier molecular flexibility index (Phi) is 2.20. The fraction of sp³-hybridized carbons (Fsp3) is 0.615. The molecule has 1 aromatic heterocycles. The molecule has 80 valence electrons. The largest absolute Gasteiger partial charge is 0.294 e. The predicted octanol–water partition coefficient (Wildman–Crippen LogP) is 3.68. The van der Waals surface area contributed by atoms with Crippen LogP contribution < -0.4 is 0 Å². The summed E-state index contributed by atoms with van der Waals surface area (Å²) in [5.74, 6) is 2.30. The van der Waals surface area contributed by atoms with E-state index in [2.05, 4.69) is 13.0 Å². The number of rotatable bonds is 2. The zero-order valence-corrected chi connectivity index (χ0v) is 9.85. The van der Waals surface area contributed by atoms with Gasteiger partial charge in [0.2, 0.25) is 0 Å². The Morgan fingerprint density at radius 2 is 2.00 bits per heavy atom. The summed E-state index contributed by atoms with van der Waals surface area (Å²) in [4.78, 5) is 13.4. The van der Waals surface area contributed by atoms with Gasteiger partial charge in [-0.1, -0.05) is 12.8 Å². The number of thiophene rings is 1. The maximum absolute atomic E-state index is 12.2. The van der Waals surface area contributed by atoms with Crippen LogP contribution in [0, 0.1) is 24.7 Å². The minimum absolute atomic E-state index is 0.390. The summed E-state index contributed by atoms with van der Waals surface area (Å²) in [5, 5.41) is 2.03. The lowest BCUT2D eigenvalue weighted by atomic mass is 10.0. The molecule has 2 aliphatic carbocycles. The summed E-state index contributed by atoms with van der Waals surface area (Å²) in [7, 11) is 0. The van der Waals surface area contributed by atoms with Crippen molar-refractivity contribution in [3.05, 3.63) is 21.9 Å². The predicted molar refractivity (Wildman–Crippen MR) is 62.3 cm³/mol. The molecule has 0 radical (unpaired) electrons. The molecule has 0 saturated heterocycles. The molecule has 15 heavy (non-hydrogen) atoms. The number of ketones is 1. The van der Waals surface area contributed by atoms with Crippen LogP contribution in [0.1, 0.15) is 40.9 Å². The van der Waals surface area contributed by atoms with Crippen molar-refractivity contribution >= 4 is 17.1 Å². The second kappa shape index (κ2) is 3.44. The topological polar surface area (TPSA) is 17.1 Å². The molecular formula is C13H16OS. The average molecular weight is 220 g/mol. The van der Waals surface area contributed by atoms with Gasteiger partial charge in [0.15, 0.2) is 5.78 Å². The van der Waals surface area contributed by atoms with Crippen LogP contribution in [-0.4, -0.2) is 5.78 Å². The van der Waals surface area contributed by atoms with Crippen LogP contribution in [0.2, 0.25) is 0 Å². The molecule has 0 N–H and O–H groups in total. The third kappa shape index (κ3) is 1.55. The Balaban J connectivity index is 1.76. The Labute approximate surface area is 94.5 Å². The van der Waals surface area contributed by atoms with E-state index in [9.17, 15) is 4.79 Å². The Morgan fingerprint density at radius 3 is 2.53 bits per heavy atom. The van der Waals surface area contributed by atoms with Crippen LogP contribution in [-0.2, 0) is 0 Å². The number of Topliss-reactive ketones (excluding diaryl/α,β-unsaturated/α-hetero) is 1. The van der Waals surface area contributed by atoms with Crippen molar-refractivity contribution in [2.75, 3.05) is 0 Å². The molecule has 1 nitrogen and oxygen atoms in total. The molecule has 2 atom stereocenters. The maximum Gasteiger partial charge on any atom is 0.167 e. The van der Waals surface area contributed by atoms with E-state index >= 15 is 0 Å². The van der Waals surface area contributed by atoms with Crippen molar-refractivity contribution in [3.8, 4) is 0 Å². The summed E-state index contributed by atoms with van der Waals surface area (Å²) >= 11 is 1.69. The van der Waals surface area contributed by atoms with Gasteiger partial charge in [0, 0.05) is 21.7 Å². The molecular weight excluding hydrogens is 204 g/mol. The van der Waals surface area contributed by atoms with Gasteiger partial charge in [-0.2, -0.15) is 0 Å². The molecule has 1 heterocycles. The molecule has 0 aliphatic heterocycles. The highest BCUT2D eigenvalue weighted by Crippen LogP contribution is 2.56. The first-order valence-corrected chi connectivity index (χ1v) is 6.74. The molecule has 0 spiro atoms. The average Bonchev–Trinajstić information content (AvgIpc) is 2.82. The minimum Gasteiger partial charge on any atom is -0.294 e. The Hall–Kier alpha value is -0.630. The highest BCUT2D eigenvalue weighted by Gasteiger charge is 2.54. The summed E-state index contributed by atoms with van der Waals surface area (Å²) in [6.07, 6.45) is 5.27. The third-order valence-electron chi connectivity index (χ3n) is 3.97. The van der Waals surface area contributed by atoms with Crippen molar-refractivity contribution in [1.29, 1.82) is 0 Å². The van der Waals surface area contributed by atoms with Gasteiger partial charge >= 0.3 is 0 Å². The number of hydrogen-bond acceptors (Lipinski definition) is 2. The first-order chi connectivity index (χ1) is 7.27. The van der Waals surface area contributed by atoms with Gasteiger partial charge in [-0.3, -0.25) is 4.79 Å². The lowest BCUT2D eigenvalue weighted by Crippen LogP contribution is -2.02. The molecule has 2 unspecified atom stereocenters. The highest BCUT2D eigenvalue weighted by molar-refractivity contribution is 7.10. The molecule has 2 aliphatic rings. The second-order valence-corrected chi connectivity index (χ2v) is 6.06. The molecule has 3 rings (SSSR count). The highest BCUT2D eigenvalue weighted by atomic mass is 32.1. The Morgan fingerprint density at radius 1 is 1.33 bits per heavy atom.